The smallest absolute Gasteiger partial charge is 0.337 e. The summed E-state index contributed by atoms with van der Waals surface area (Å²) in [6.07, 6.45) is -1.66. The van der Waals surface area contributed by atoms with E-state index in [1.807, 2.05) is 0 Å². The summed E-state index contributed by atoms with van der Waals surface area (Å²) in [4.78, 5) is 10.8. The minimum atomic E-state index is -1.66. The molecule has 1 aromatic rings. The molecule has 6 heteroatoms. The molecule has 0 saturated carbocycles. The van der Waals surface area contributed by atoms with Gasteiger partial charge in [-0.3, -0.25) is 0 Å². The van der Waals surface area contributed by atoms with Gasteiger partial charge in [-0.2, -0.15) is 0 Å². The summed E-state index contributed by atoms with van der Waals surface area (Å²) in [5.74, 6) is -0.797. The minimum absolute atomic E-state index is 0.140. The van der Waals surface area contributed by atoms with Gasteiger partial charge in [0.1, 0.15) is 0 Å². The van der Waals surface area contributed by atoms with Crippen molar-refractivity contribution in [3.8, 4) is 11.5 Å². The van der Waals surface area contributed by atoms with Crippen LogP contribution in [0.4, 0.5) is 0 Å². The van der Waals surface area contributed by atoms with E-state index in [0.29, 0.717) is 17.9 Å². The van der Waals surface area contributed by atoms with E-state index >= 15 is 0 Å². The Morgan fingerprint density at radius 1 is 1.22 bits per heavy atom. The molecule has 2 N–H and O–H groups in total. The van der Waals surface area contributed by atoms with Gasteiger partial charge in [-0.1, -0.05) is 12.1 Å². The molecule has 0 aliphatic carbocycles. The zero-order valence-corrected chi connectivity index (χ0v) is 10.5. The van der Waals surface area contributed by atoms with Gasteiger partial charge in [0.25, 0.3) is 0 Å². The third-order valence-corrected chi connectivity index (χ3v) is 2.46. The van der Waals surface area contributed by atoms with Gasteiger partial charge in [-0.15, -0.1) is 0 Å². The van der Waals surface area contributed by atoms with Gasteiger partial charge < -0.3 is 24.4 Å². The average molecular weight is 256 g/mol. The molecule has 0 bridgehead atoms. The topological polar surface area (TPSA) is 85.2 Å². The van der Waals surface area contributed by atoms with Crippen molar-refractivity contribution in [2.24, 2.45) is 0 Å². The van der Waals surface area contributed by atoms with Crippen LogP contribution in [0.1, 0.15) is 17.2 Å². The summed E-state index contributed by atoms with van der Waals surface area (Å²) in [5, 5.41) is 18.4. The number of ether oxygens (including phenoxy) is 3. The minimum Gasteiger partial charge on any atom is -0.492 e. The maximum absolute atomic E-state index is 10.8. The standard InChI is InChI=1S/C12H16O6/c1-16-6-7-4-5-8(9(13)12(14)15)11(18-3)10(7)17-2/h4-5,9,13H,6H2,1-3H3,(H,14,15). The summed E-state index contributed by atoms with van der Waals surface area (Å²) in [6.45, 7) is 0.295. The zero-order valence-electron chi connectivity index (χ0n) is 10.5. The van der Waals surface area contributed by atoms with Crippen LogP contribution < -0.4 is 9.47 Å². The van der Waals surface area contributed by atoms with Gasteiger partial charge in [0.2, 0.25) is 0 Å². The van der Waals surface area contributed by atoms with Crippen molar-refractivity contribution in [1.82, 2.24) is 0 Å². The van der Waals surface area contributed by atoms with Crippen LogP contribution in [0.25, 0.3) is 0 Å². The highest BCUT2D eigenvalue weighted by molar-refractivity contribution is 5.76. The van der Waals surface area contributed by atoms with Gasteiger partial charge in [-0.25, -0.2) is 4.79 Å². The quantitative estimate of drug-likeness (QED) is 0.788. The second-order valence-corrected chi connectivity index (χ2v) is 3.55. The average Bonchev–Trinajstić information content (AvgIpc) is 2.37. The number of carboxylic acid groups (broad SMARTS) is 1. The molecule has 1 rings (SSSR count). The van der Waals surface area contributed by atoms with Crippen LogP contribution in [0.15, 0.2) is 12.1 Å². The van der Waals surface area contributed by atoms with E-state index in [0.717, 1.165) is 0 Å². The fourth-order valence-electron chi connectivity index (χ4n) is 1.67. The molecule has 0 fully saturated rings. The summed E-state index contributed by atoms with van der Waals surface area (Å²) >= 11 is 0. The first-order valence-corrected chi connectivity index (χ1v) is 5.20. The van der Waals surface area contributed by atoms with Crippen LogP contribution in [0, 0.1) is 0 Å². The molecule has 0 amide bonds. The molecular weight excluding hydrogens is 240 g/mol. The molecule has 0 aliphatic heterocycles. The molecular formula is C12H16O6. The van der Waals surface area contributed by atoms with Crippen molar-refractivity contribution in [1.29, 1.82) is 0 Å². The highest BCUT2D eigenvalue weighted by Crippen LogP contribution is 2.38. The zero-order chi connectivity index (χ0) is 13.7. The van der Waals surface area contributed by atoms with Gasteiger partial charge in [0.05, 0.1) is 20.8 Å². The number of aliphatic hydroxyl groups is 1. The number of carbonyl (C=O) groups is 1. The number of rotatable bonds is 6. The van der Waals surface area contributed by atoms with Crippen molar-refractivity contribution < 1.29 is 29.2 Å². The van der Waals surface area contributed by atoms with E-state index in [1.165, 1.54) is 27.4 Å². The normalized spacial score (nSPS) is 12.0. The molecule has 1 atom stereocenters. The third kappa shape index (κ3) is 2.72. The van der Waals surface area contributed by atoms with Crippen LogP contribution in [0.2, 0.25) is 0 Å². The van der Waals surface area contributed by atoms with Crippen molar-refractivity contribution in [2.45, 2.75) is 12.7 Å². The first kappa shape index (κ1) is 14.3. The van der Waals surface area contributed by atoms with Crippen LogP contribution >= 0.6 is 0 Å². The SMILES string of the molecule is COCc1ccc(C(O)C(=O)O)c(OC)c1OC. The Kier molecular flexibility index (Phi) is 4.94. The Morgan fingerprint density at radius 2 is 1.83 bits per heavy atom. The first-order valence-electron chi connectivity index (χ1n) is 5.20. The van der Waals surface area contributed by atoms with E-state index in [9.17, 15) is 9.90 Å². The van der Waals surface area contributed by atoms with Crippen LogP contribution in [-0.2, 0) is 16.1 Å². The Balaban J connectivity index is 3.33. The van der Waals surface area contributed by atoms with Crippen molar-refractivity contribution in [2.75, 3.05) is 21.3 Å². The van der Waals surface area contributed by atoms with Gasteiger partial charge in [-0.05, 0) is 0 Å². The van der Waals surface area contributed by atoms with Gasteiger partial charge in [0.15, 0.2) is 17.6 Å². The molecule has 18 heavy (non-hydrogen) atoms. The molecule has 0 spiro atoms. The molecule has 0 aromatic heterocycles. The van der Waals surface area contributed by atoms with E-state index in [2.05, 4.69) is 0 Å². The van der Waals surface area contributed by atoms with Crippen molar-refractivity contribution in [3.05, 3.63) is 23.3 Å². The van der Waals surface area contributed by atoms with Gasteiger partial charge >= 0.3 is 5.97 Å². The van der Waals surface area contributed by atoms with Crippen molar-refractivity contribution >= 4 is 5.97 Å². The highest BCUT2D eigenvalue weighted by Gasteiger charge is 2.24. The van der Waals surface area contributed by atoms with Crippen LogP contribution in [0.3, 0.4) is 0 Å². The largest absolute Gasteiger partial charge is 0.492 e. The number of methoxy groups -OCH3 is 3. The lowest BCUT2D eigenvalue weighted by Crippen LogP contribution is -2.12. The van der Waals surface area contributed by atoms with Crippen molar-refractivity contribution in [3.63, 3.8) is 0 Å². The second-order valence-electron chi connectivity index (χ2n) is 3.55. The molecule has 100 valence electrons. The molecule has 1 aromatic carbocycles. The summed E-state index contributed by atoms with van der Waals surface area (Å²) in [5.41, 5.74) is 0.847. The molecule has 0 heterocycles. The molecule has 0 saturated heterocycles. The lowest BCUT2D eigenvalue weighted by Gasteiger charge is -2.17. The fourth-order valence-corrected chi connectivity index (χ4v) is 1.67. The van der Waals surface area contributed by atoms with Crippen LogP contribution in [-0.4, -0.2) is 37.5 Å². The molecule has 0 aliphatic rings. The highest BCUT2D eigenvalue weighted by atomic mass is 16.5. The maximum atomic E-state index is 10.8. The Labute approximate surface area is 105 Å². The molecule has 0 radical (unpaired) electrons. The molecule has 1 unspecified atom stereocenters. The van der Waals surface area contributed by atoms with E-state index in [1.54, 1.807) is 6.07 Å². The van der Waals surface area contributed by atoms with Crippen LogP contribution in [0.5, 0.6) is 11.5 Å². The Bertz CT molecular complexity index is 429. The molecule has 6 nitrogen and oxygen atoms in total. The first-order chi connectivity index (χ1) is 8.56. The lowest BCUT2D eigenvalue weighted by atomic mass is 10.0. The predicted octanol–water partition coefficient (Wildman–Crippen LogP) is 0.968. The number of carboxylic acids is 1. The number of aliphatic hydroxyl groups excluding tert-OH is 1. The Morgan fingerprint density at radius 3 is 2.28 bits per heavy atom. The summed E-state index contributed by atoms with van der Waals surface area (Å²) in [7, 11) is 4.35. The number of aliphatic carboxylic acids is 1. The van der Waals surface area contributed by atoms with E-state index in [4.69, 9.17) is 19.3 Å². The van der Waals surface area contributed by atoms with Gasteiger partial charge in [0, 0.05) is 18.2 Å². The summed E-state index contributed by atoms with van der Waals surface area (Å²) in [6, 6.07) is 3.11. The monoisotopic (exact) mass is 256 g/mol. The number of hydrogen-bond donors (Lipinski definition) is 2. The number of benzene rings is 1. The third-order valence-electron chi connectivity index (χ3n) is 2.46. The summed E-state index contributed by atoms with van der Waals surface area (Å²) < 4.78 is 15.3. The fraction of sp³-hybridized carbons (Fsp3) is 0.417. The lowest BCUT2D eigenvalue weighted by molar-refractivity contribution is -0.147. The predicted molar refractivity (Wildman–Crippen MR) is 62.9 cm³/mol. The maximum Gasteiger partial charge on any atom is 0.337 e. The second kappa shape index (κ2) is 6.23. The van der Waals surface area contributed by atoms with E-state index < -0.39 is 12.1 Å². The van der Waals surface area contributed by atoms with E-state index in [-0.39, 0.29) is 11.3 Å². The Hall–Kier alpha value is -1.79. The number of hydrogen-bond acceptors (Lipinski definition) is 5.